The minimum absolute atomic E-state index is 0.111. The molecule has 8 heteroatoms. The zero-order valence-corrected chi connectivity index (χ0v) is 19.9. The normalized spacial score (nSPS) is 14.9. The highest BCUT2D eigenvalue weighted by molar-refractivity contribution is 6.04. The van der Waals surface area contributed by atoms with Gasteiger partial charge >= 0.3 is 5.97 Å². The second kappa shape index (κ2) is 9.37. The number of hydrogen-bond acceptors (Lipinski definition) is 5. The largest absolute Gasteiger partial charge is 0.490 e. The Labute approximate surface area is 207 Å². The van der Waals surface area contributed by atoms with E-state index in [1.54, 1.807) is 47.0 Å². The molecule has 0 saturated heterocycles. The van der Waals surface area contributed by atoms with Crippen LogP contribution in [0.3, 0.4) is 0 Å². The van der Waals surface area contributed by atoms with Gasteiger partial charge in [0.1, 0.15) is 12.4 Å². The number of anilines is 1. The van der Waals surface area contributed by atoms with Crippen LogP contribution in [0, 0.1) is 12.7 Å². The Kier molecular flexibility index (Phi) is 6.10. The molecule has 184 valence electrons. The van der Waals surface area contributed by atoms with Gasteiger partial charge in [0.2, 0.25) is 0 Å². The topological polar surface area (TPSA) is 81.0 Å². The summed E-state index contributed by atoms with van der Waals surface area (Å²) in [6, 6.07) is 18.8. The third kappa shape index (κ3) is 4.37. The summed E-state index contributed by atoms with van der Waals surface area (Å²) in [6.45, 7) is 2.60. The van der Waals surface area contributed by atoms with Gasteiger partial charge in [-0.3, -0.25) is 14.2 Å². The van der Waals surface area contributed by atoms with Crippen molar-refractivity contribution in [2.75, 3.05) is 25.1 Å². The second-order valence-electron chi connectivity index (χ2n) is 8.89. The number of para-hydroxylation sites is 1. The summed E-state index contributed by atoms with van der Waals surface area (Å²) in [7, 11) is 1.88. The first-order chi connectivity index (χ1) is 17.3. The van der Waals surface area contributed by atoms with Crippen molar-refractivity contribution in [3.8, 4) is 11.5 Å². The standard InChI is InChI=1S/C28H25FN2O5/c1-17-13-22-19(14-26(32)33)5-3-7-24(22)31(17)28(34)18-9-11-20(12-10-18)35-16-21-15-30(2)25-8-4-6-23(29)27(25)36-21/h3-13,21H,14-16H2,1-2H3,(H,32,33)/t21-/m0/s1. The number of carboxylic acids is 1. The molecular formula is C28H25FN2O5. The Morgan fingerprint density at radius 3 is 2.61 bits per heavy atom. The van der Waals surface area contributed by atoms with E-state index in [0.717, 1.165) is 11.1 Å². The van der Waals surface area contributed by atoms with Crippen molar-refractivity contribution < 1.29 is 28.6 Å². The molecule has 5 rings (SSSR count). The Hall–Kier alpha value is -4.33. The van der Waals surface area contributed by atoms with Crippen molar-refractivity contribution in [1.82, 2.24) is 4.57 Å². The second-order valence-corrected chi connectivity index (χ2v) is 8.89. The summed E-state index contributed by atoms with van der Waals surface area (Å²) in [5, 5.41) is 9.95. The molecule has 0 spiro atoms. The summed E-state index contributed by atoms with van der Waals surface area (Å²) < 4.78 is 27.5. The van der Waals surface area contributed by atoms with Gasteiger partial charge < -0.3 is 19.5 Å². The molecule has 0 radical (unpaired) electrons. The maximum absolute atomic E-state index is 14.2. The highest BCUT2D eigenvalue weighted by Gasteiger charge is 2.26. The predicted molar refractivity (Wildman–Crippen MR) is 134 cm³/mol. The molecule has 1 aliphatic rings. The van der Waals surface area contributed by atoms with Gasteiger partial charge in [-0.05, 0) is 61.0 Å². The van der Waals surface area contributed by atoms with Crippen LogP contribution in [0.15, 0.2) is 66.7 Å². The monoisotopic (exact) mass is 488 g/mol. The summed E-state index contributed by atoms with van der Waals surface area (Å²) in [5.41, 5.74) is 3.23. The SMILES string of the molecule is Cc1cc2c(CC(=O)O)cccc2n1C(=O)c1ccc(OC[C@@H]2CN(C)c3cccc(F)c3O2)cc1. The number of likely N-dealkylation sites (N-methyl/N-ethyl adjacent to an activating group) is 1. The molecule has 4 aromatic rings. The molecule has 0 aliphatic carbocycles. The molecular weight excluding hydrogens is 463 g/mol. The average Bonchev–Trinajstić information content (AvgIpc) is 3.20. The number of aromatic nitrogens is 1. The van der Waals surface area contributed by atoms with Crippen molar-refractivity contribution in [3.63, 3.8) is 0 Å². The molecule has 2 heterocycles. The lowest BCUT2D eigenvalue weighted by Crippen LogP contribution is -2.41. The fourth-order valence-corrected chi connectivity index (χ4v) is 4.63. The fourth-order valence-electron chi connectivity index (χ4n) is 4.63. The van der Waals surface area contributed by atoms with Crippen molar-refractivity contribution in [2.45, 2.75) is 19.4 Å². The van der Waals surface area contributed by atoms with E-state index in [1.165, 1.54) is 6.07 Å². The van der Waals surface area contributed by atoms with Gasteiger partial charge in [0.25, 0.3) is 5.91 Å². The van der Waals surface area contributed by atoms with E-state index in [-0.39, 0.29) is 30.8 Å². The van der Waals surface area contributed by atoms with E-state index >= 15 is 0 Å². The van der Waals surface area contributed by atoms with Crippen LogP contribution in [0.25, 0.3) is 10.9 Å². The fraction of sp³-hybridized carbons (Fsp3) is 0.214. The van der Waals surface area contributed by atoms with Gasteiger partial charge in [-0.1, -0.05) is 18.2 Å². The van der Waals surface area contributed by atoms with Crippen LogP contribution >= 0.6 is 0 Å². The van der Waals surface area contributed by atoms with Crippen LogP contribution in [-0.4, -0.2) is 47.9 Å². The van der Waals surface area contributed by atoms with Crippen LogP contribution in [0.4, 0.5) is 10.1 Å². The number of ether oxygens (including phenoxy) is 2. The van der Waals surface area contributed by atoms with Crippen molar-refractivity contribution in [2.24, 2.45) is 0 Å². The minimum Gasteiger partial charge on any atom is -0.490 e. The van der Waals surface area contributed by atoms with Crippen molar-refractivity contribution in [1.29, 1.82) is 0 Å². The number of aryl methyl sites for hydroxylation is 1. The third-order valence-electron chi connectivity index (χ3n) is 6.32. The van der Waals surface area contributed by atoms with E-state index in [9.17, 15) is 19.1 Å². The molecule has 36 heavy (non-hydrogen) atoms. The number of rotatable bonds is 6. The predicted octanol–water partition coefficient (Wildman–Crippen LogP) is 4.68. The number of benzene rings is 3. The molecule has 7 nitrogen and oxygen atoms in total. The number of hydrogen-bond donors (Lipinski definition) is 1. The summed E-state index contributed by atoms with van der Waals surface area (Å²) in [5.74, 6) is -0.758. The number of carboxylic acid groups (broad SMARTS) is 1. The smallest absolute Gasteiger partial charge is 0.307 e. The van der Waals surface area contributed by atoms with E-state index in [0.29, 0.717) is 34.6 Å². The quantitative estimate of drug-likeness (QED) is 0.425. The molecule has 0 bridgehead atoms. The van der Waals surface area contributed by atoms with Gasteiger partial charge in [-0.25, -0.2) is 4.39 Å². The van der Waals surface area contributed by atoms with Gasteiger partial charge in [0.15, 0.2) is 17.7 Å². The Bertz CT molecular complexity index is 1460. The lowest BCUT2D eigenvalue weighted by molar-refractivity contribution is -0.136. The van der Waals surface area contributed by atoms with Crippen LogP contribution < -0.4 is 14.4 Å². The summed E-state index contributed by atoms with van der Waals surface area (Å²) in [4.78, 5) is 26.5. The number of carbonyl (C=O) groups excluding carboxylic acids is 1. The van der Waals surface area contributed by atoms with Crippen LogP contribution in [-0.2, 0) is 11.2 Å². The first kappa shape index (κ1) is 23.4. The summed E-state index contributed by atoms with van der Waals surface area (Å²) >= 11 is 0. The Morgan fingerprint density at radius 1 is 1.11 bits per heavy atom. The molecule has 3 aromatic carbocycles. The van der Waals surface area contributed by atoms with Crippen molar-refractivity contribution >= 4 is 28.5 Å². The molecule has 0 saturated carbocycles. The average molecular weight is 489 g/mol. The number of fused-ring (bicyclic) bond motifs is 2. The summed E-state index contributed by atoms with van der Waals surface area (Å²) in [6.07, 6.45) is -0.464. The first-order valence-electron chi connectivity index (χ1n) is 11.6. The van der Waals surface area contributed by atoms with Crippen molar-refractivity contribution in [3.05, 3.63) is 89.4 Å². The van der Waals surface area contributed by atoms with E-state index in [1.807, 2.05) is 37.1 Å². The first-order valence-corrected chi connectivity index (χ1v) is 11.6. The molecule has 0 unspecified atom stereocenters. The lowest BCUT2D eigenvalue weighted by Gasteiger charge is -2.33. The maximum Gasteiger partial charge on any atom is 0.307 e. The van der Waals surface area contributed by atoms with Crippen LogP contribution in [0.1, 0.15) is 21.6 Å². The highest BCUT2D eigenvalue weighted by Crippen LogP contribution is 2.35. The van der Waals surface area contributed by atoms with Gasteiger partial charge in [0, 0.05) is 23.7 Å². The minimum atomic E-state index is -0.922. The lowest BCUT2D eigenvalue weighted by atomic mass is 10.1. The van der Waals surface area contributed by atoms with Gasteiger partial charge in [-0.15, -0.1) is 0 Å². The number of carbonyl (C=O) groups is 2. The third-order valence-corrected chi connectivity index (χ3v) is 6.32. The van der Waals surface area contributed by atoms with Crippen LogP contribution in [0.5, 0.6) is 11.5 Å². The molecule has 0 amide bonds. The number of halogens is 1. The molecule has 1 aliphatic heterocycles. The van der Waals surface area contributed by atoms with E-state index in [2.05, 4.69) is 0 Å². The molecule has 1 aromatic heterocycles. The van der Waals surface area contributed by atoms with Crippen LogP contribution in [0.2, 0.25) is 0 Å². The number of aliphatic carboxylic acids is 1. The van der Waals surface area contributed by atoms with E-state index in [4.69, 9.17) is 9.47 Å². The number of nitrogens with zero attached hydrogens (tertiary/aromatic N) is 2. The maximum atomic E-state index is 14.2. The molecule has 0 fully saturated rings. The molecule has 1 N–H and O–H groups in total. The zero-order valence-electron chi connectivity index (χ0n) is 19.9. The van der Waals surface area contributed by atoms with E-state index < -0.39 is 11.8 Å². The zero-order chi connectivity index (χ0) is 25.4. The van der Waals surface area contributed by atoms with Gasteiger partial charge in [-0.2, -0.15) is 0 Å². The Balaban J connectivity index is 1.30. The molecule has 1 atom stereocenters. The highest BCUT2D eigenvalue weighted by atomic mass is 19.1. The van der Waals surface area contributed by atoms with Gasteiger partial charge in [0.05, 0.1) is 24.2 Å². The Morgan fingerprint density at radius 2 is 1.86 bits per heavy atom.